The molecule has 0 amide bonds. The van der Waals surface area contributed by atoms with Gasteiger partial charge in [0.25, 0.3) is 0 Å². The predicted octanol–water partition coefficient (Wildman–Crippen LogP) is 1.99. The number of aliphatic hydroxyl groups excluding tert-OH is 1. The zero-order valence-corrected chi connectivity index (χ0v) is 10.5. The summed E-state index contributed by atoms with van der Waals surface area (Å²) in [5.74, 6) is 1.94. The standard InChI is InChI=1S/C12H17NO2S/c1-13-9(6-7-14)8-16-11-5-3-4-10(15-2)12(11)13/h3-5,9,14H,6-8H2,1-2H3. The first-order valence-corrected chi connectivity index (χ1v) is 6.40. The maximum absolute atomic E-state index is 9.04. The van der Waals surface area contributed by atoms with Crippen molar-refractivity contribution in [3.8, 4) is 5.75 Å². The second kappa shape index (κ2) is 4.97. The molecule has 1 aliphatic heterocycles. The van der Waals surface area contributed by atoms with E-state index in [0.29, 0.717) is 6.04 Å². The molecule has 0 spiro atoms. The van der Waals surface area contributed by atoms with E-state index in [2.05, 4.69) is 18.0 Å². The van der Waals surface area contributed by atoms with Crippen LogP contribution in [0.25, 0.3) is 0 Å². The Hall–Kier alpha value is -0.870. The summed E-state index contributed by atoms with van der Waals surface area (Å²) in [7, 11) is 3.77. The number of anilines is 1. The molecule has 1 N–H and O–H groups in total. The van der Waals surface area contributed by atoms with E-state index in [1.807, 2.05) is 23.9 Å². The fraction of sp³-hybridized carbons (Fsp3) is 0.500. The van der Waals surface area contributed by atoms with Crippen molar-refractivity contribution in [1.82, 2.24) is 0 Å². The van der Waals surface area contributed by atoms with Gasteiger partial charge in [0.05, 0.1) is 12.8 Å². The molecule has 16 heavy (non-hydrogen) atoms. The van der Waals surface area contributed by atoms with E-state index in [1.54, 1.807) is 7.11 Å². The second-order valence-corrected chi connectivity index (χ2v) is 4.96. The van der Waals surface area contributed by atoms with Gasteiger partial charge < -0.3 is 14.7 Å². The van der Waals surface area contributed by atoms with Gasteiger partial charge in [0.1, 0.15) is 5.75 Å². The average molecular weight is 239 g/mol. The molecule has 1 atom stereocenters. The number of methoxy groups -OCH3 is 1. The molecule has 2 rings (SSSR count). The van der Waals surface area contributed by atoms with E-state index in [-0.39, 0.29) is 6.61 Å². The molecule has 88 valence electrons. The number of para-hydroxylation sites is 1. The van der Waals surface area contributed by atoms with Crippen LogP contribution in [0.15, 0.2) is 23.1 Å². The van der Waals surface area contributed by atoms with Gasteiger partial charge in [-0.15, -0.1) is 11.8 Å². The topological polar surface area (TPSA) is 32.7 Å². The molecule has 0 fully saturated rings. The molecule has 0 saturated carbocycles. The first kappa shape index (κ1) is 11.6. The number of rotatable bonds is 3. The Kier molecular flexibility index (Phi) is 3.61. The maximum atomic E-state index is 9.04. The Balaban J connectivity index is 2.34. The van der Waals surface area contributed by atoms with Gasteiger partial charge in [0, 0.05) is 30.3 Å². The minimum atomic E-state index is 0.236. The quantitative estimate of drug-likeness (QED) is 0.874. The lowest BCUT2D eigenvalue weighted by Gasteiger charge is -2.36. The van der Waals surface area contributed by atoms with Crippen LogP contribution in [-0.2, 0) is 0 Å². The van der Waals surface area contributed by atoms with Crippen LogP contribution in [0.3, 0.4) is 0 Å². The third-order valence-corrected chi connectivity index (χ3v) is 4.17. The van der Waals surface area contributed by atoms with Crippen LogP contribution in [0.5, 0.6) is 5.75 Å². The summed E-state index contributed by atoms with van der Waals surface area (Å²) < 4.78 is 5.39. The largest absolute Gasteiger partial charge is 0.495 e. The zero-order chi connectivity index (χ0) is 11.5. The molecule has 1 aliphatic rings. The van der Waals surface area contributed by atoms with E-state index in [0.717, 1.165) is 23.6 Å². The Morgan fingerprint density at radius 3 is 3.06 bits per heavy atom. The molecule has 1 unspecified atom stereocenters. The van der Waals surface area contributed by atoms with Crippen LogP contribution in [0.1, 0.15) is 6.42 Å². The third kappa shape index (κ3) is 1.99. The fourth-order valence-corrected chi connectivity index (χ4v) is 3.36. The molecular formula is C12H17NO2S. The third-order valence-electron chi connectivity index (χ3n) is 2.98. The number of hydrogen-bond acceptors (Lipinski definition) is 4. The first-order chi connectivity index (χ1) is 7.77. The lowest BCUT2D eigenvalue weighted by molar-refractivity contribution is 0.277. The molecule has 1 heterocycles. The maximum Gasteiger partial charge on any atom is 0.143 e. The van der Waals surface area contributed by atoms with Crippen LogP contribution in [0.4, 0.5) is 5.69 Å². The number of benzene rings is 1. The molecule has 0 bridgehead atoms. The van der Waals surface area contributed by atoms with E-state index in [1.165, 1.54) is 4.90 Å². The lowest BCUT2D eigenvalue weighted by atomic mass is 10.1. The highest BCUT2D eigenvalue weighted by molar-refractivity contribution is 7.99. The summed E-state index contributed by atoms with van der Waals surface area (Å²) in [5.41, 5.74) is 1.15. The first-order valence-electron chi connectivity index (χ1n) is 5.41. The van der Waals surface area contributed by atoms with Crippen molar-refractivity contribution in [3.63, 3.8) is 0 Å². The van der Waals surface area contributed by atoms with Gasteiger partial charge in [-0.2, -0.15) is 0 Å². The number of aliphatic hydroxyl groups is 1. The normalized spacial score (nSPS) is 19.4. The van der Waals surface area contributed by atoms with Gasteiger partial charge in [0.2, 0.25) is 0 Å². The van der Waals surface area contributed by atoms with Gasteiger partial charge in [-0.25, -0.2) is 0 Å². The number of ether oxygens (including phenoxy) is 1. The van der Waals surface area contributed by atoms with Crippen molar-refractivity contribution in [3.05, 3.63) is 18.2 Å². The molecule has 0 saturated heterocycles. The van der Waals surface area contributed by atoms with Crippen LogP contribution in [0.2, 0.25) is 0 Å². The van der Waals surface area contributed by atoms with E-state index in [9.17, 15) is 0 Å². The number of nitrogens with zero attached hydrogens (tertiary/aromatic N) is 1. The summed E-state index contributed by atoms with van der Waals surface area (Å²) in [6.07, 6.45) is 0.807. The summed E-state index contributed by atoms with van der Waals surface area (Å²) >= 11 is 1.84. The van der Waals surface area contributed by atoms with Gasteiger partial charge in [-0.1, -0.05) is 6.07 Å². The second-order valence-electron chi connectivity index (χ2n) is 3.90. The van der Waals surface area contributed by atoms with Crippen molar-refractivity contribution < 1.29 is 9.84 Å². The molecule has 0 aromatic heterocycles. The van der Waals surface area contributed by atoms with Gasteiger partial charge in [-0.3, -0.25) is 0 Å². The fourth-order valence-electron chi connectivity index (χ4n) is 2.04. The molecule has 0 aliphatic carbocycles. The molecule has 4 heteroatoms. The highest BCUT2D eigenvalue weighted by Crippen LogP contribution is 2.43. The van der Waals surface area contributed by atoms with Crippen LogP contribution in [0, 0.1) is 0 Å². The molecule has 0 radical (unpaired) electrons. The monoisotopic (exact) mass is 239 g/mol. The summed E-state index contributed by atoms with van der Waals surface area (Å²) in [6.45, 7) is 0.236. The number of fused-ring (bicyclic) bond motifs is 1. The Labute approximate surface area is 100 Å². The summed E-state index contributed by atoms with van der Waals surface area (Å²) in [4.78, 5) is 3.48. The van der Waals surface area contributed by atoms with Crippen LogP contribution < -0.4 is 9.64 Å². The Morgan fingerprint density at radius 1 is 1.56 bits per heavy atom. The van der Waals surface area contributed by atoms with Crippen LogP contribution in [-0.4, -0.2) is 37.7 Å². The zero-order valence-electron chi connectivity index (χ0n) is 9.64. The van der Waals surface area contributed by atoms with E-state index < -0.39 is 0 Å². The predicted molar refractivity (Wildman–Crippen MR) is 67.6 cm³/mol. The van der Waals surface area contributed by atoms with Gasteiger partial charge in [-0.05, 0) is 18.6 Å². The van der Waals surface area contributed by atoms with Gasteiger partial charge >= 0.3 is 0 Å². The minimum Gasteiger partial charge on any atom is -0.495 e. The highest BCUT2D eigenvalue weighted by atomic mass is 32.2. The Bertz CT molecular complexity index is 356. The van der Waals surface area contributed by atoms with E-state index in [4.69, 9.17) is 9.84 Å². The summed E-state index contributed by atoms with van der Waals surface area (Å²) in [6, 6.07) is 6.51. The van der Waals surface area contributed by atoms with Crippen molar-refractivity contribution in [2.45, 2.75) is 17.4 Å². The number of thioether (sulfide) groups is 1. The Morgan fingerprint density at radius 2 is 2.38 bits per heavy atom. The van der Waals surface area contributed by atoms with Crippen LogP contribution >= 0.6 is 11.8 Å². The average Bonchev–Trinajstić information content (AvgIpc) is 2.32. The number of hydrogen-bond donors (Lipinski definition) is 1. The van der Waals surface area contributed by atoms with Crippen molar-refractivity contribution >= 4 is 17.4 Å². The van der Waals surface area contributed by atoms with Crippen molar-refractivity contribution in [1.29, 1.82) is 0 Å². The minimum absolute atomic E-state index is 0.236. The summed E-state index contributed by atoms with van der Waals surface area (Å²) in [5, 5.41) is 9.04. The molecule has 1 aromatic carbocycles. The SMILES string of the molecule is COc1cccc2c1N(C)C(CCO)CS2. The molecule has 1 aromatic rings. The molecule has 3 nitrogen and oxygen atoms in total. The highest BCUT2D eigenvalue weighted by Gasteiger charge is 2.26. The smallest absolute Gasteiger partial charge is 0.143 e. The van der Waals surface area contributed by atoms with Crippen molar-refractivity contribution in [2.75, 3.05) is 31.4 Å². The molecular weight excluding hydrogens is 222 g/mol. The van der Waals surface area contributed by atoms with E-state index >= 15 is 0 Å². The van der Waals surface area contributed by atoms with Crippen molar-refractivity contribution in [2.24, 2.45) is 0 Å². The lowest BCUT2D eigenvalue weighted by Crippen LogP contribution is -2.37. The van der Waals surface area contributed by atoms with Gasteiger partial charge in [0.15, 0.2) is 0 Å².